The summed E-state index contributed by atoms with van der Waals surface area (Å²) in [5.41, 5.74) is 16.3. The van der Waals surface area contributed by atoms with E-state index in [1.807, 2.05) is 0 Å². The fourth-order valence-corrected chi connectivity index (χ4v) is 8.30. The molecule has 2 heteroatoms. The zero-order chi connectivity index (χ0) is 37.3. The summed E-state index contributed by atoms with van der Waals surface area (Å²) >= 11 is 0. The largest absolute Gasteiger partial charge is 0.309 e. The third-order valence-electron chi connectivity index (χ3n) is 10.8. The number of rotatable bonds is 8. The number of aromatic nitrogens is 1. The van der Waals surface area contributed by atoms with Gasteiger partial charge in [-0.05, 0) is 70.3 Å². The van der Waals surface area contributed by atoms with Crippen LogP contribution in [0.5, 0.6) is 0 Å². The predicted octanol–water partition coefficient (Wildman–Crippen LogP) is 14.9. The Morgan fingerprint density at radius 3 is 1.45 bits per heavy atom. The van der Waals surface area contributed by atoms with Gasteiger partial charge in [0.15, 0.2) is 0 Å². The van der Waals surface area contributed by atoms with Gasteiger partial charge >= 0.3 is 0 Å². The average Bonchev–Trinajstić information content (AvgIpc) is 3.62. The lowest BCUT2D eigenvalue weighted by atomic mass is 9.95. The Morgan fingerprint density at radius 2 is 0.750 bits per heavy atom. The molecule has 0 fully saturated rings. The molecule has 9 aromatic carbocycles. The van der Waals surface area contributed by atoms with E-state index in [9.17, 15) is 0 Å². The van der Waals surface area contributed by atoms with Gasteiger partial charge in [-0.3, -0.25) is 0 Å². The van der Waals surface area contributed by atoms with Crippen LogP contribution in [0.4, 0.5) is 17.1 Å². The first-order chi connectivity index (χ1) is 27.8. The first kappa shape index (κ1) is 33.2. The van der Waals surface area contributed by atoms with Crippen molar-refractivity contribution in [1.82, 2.24) is 4.57 Å². The minimum atomic E-state index is 1.09. The SMILES string of the molecule is c1ccc(-c2ccc(N(c3ccccc3-c3ccccc3)c3ccccc3-c3cccc4c3c3ccccc3n4-c3ccccc3-c3ccccc3)cc2)cc1. The molecule has 0 bridgehead atoms. The third-order valence-corrected chi connectivity index (χ3v) is 10.8. The van der Waals surface area contributed by atoms with Crippen LogP contribution in [0.1, 0.15) is 0 Å². The number of benzene rings is 9. The molecule has 0 spiro atoms. The standard InChI is InChI=1S/C54H38N2/c1-4-19-39(20-5-1)40-35-37-43(38-36-40)55(49-30-14-10-25-44(49)41-21-6-2-7-22-41)51-32-16-12-27-46(51)47-29-18-34-53-54(47)48-28-13-17-33-52(48)56(53)50-31-15-11-26-45(50)42-23-8-3-9-24-42/h1-38H. The number of fused-ring (bicyclic) bond motifs is 3. The highest BCUT2D eigenvalue weighted by molar-refractivity contribution is 6.17. The molecule has 10 aromatic rings. The van der Waals surface area contributed by atoms with Crippen molar-refractivity contribution in [3.05, 3.63) is 231 Å². The molecule has 0 N–H and O–H groups in total. The Kier molecular flexibility index (Phi) is 8.55. The molecular weight excluding hydrogens is 677 g/mol. The Hall–Kier alpha value is -7.42. The summed E-state index contributed by atoms with van der Waals surface area (Å²) < 4.78 is 2.45. The summed E-state index contributed by atoms with van der Waals surface area (Å²) in [6, 6.07) is 83.0. The van der Waals surface area contributed by atoms with Crippen molar-refractivity contribution < 1.29 is 0 Å². The summed E-state index contributed by atoms with van der Waals surface area (Å²) in [4.78, 5) is 2.44. The molecule has 0 aliphatic carbocycles. The van der Waals surface area contributed by atoms with E-state index in [0.29, 0.717) is 0 Å². The quantitative estimate of drug-likeness (QED) is 0.152. The van der Waals surface area contributed by atoms with Gasteiger partial charge in [-0.15, -0.1) is 0 Å². The maximum Gasteiger partial charge on any atom is 0.0547 e. The molecule has 0 aliphatic heterocycles. The smallest absolute Gasteiger partial charge is 0.0547 e. The van der Waals surface area contributed by atoms with Crippen molar-refractivity contribution in [3.8, 4) is 50.2 Å². The fraction of sp³-hybridized carbons (Fsp3) is 0. The molecular formula is C54H38N2. The lowest BCUT2D eigenvalue weighted by Gasteiger charge is -2.30. The normalized spacial score (nSPS) is 11.2. The van der Waals surface area contributed by atoms with Crippen LogP contribution in [0.25, 0.3) is 72.0 Å². The Morgan fingerprint density at radius 1 is 0.286 bits per heavy atom. The summed E-state index contributed by atoms with van der Waals surface area (Å²) in [6.45, 7) is 0. The molecule has 0 radical (unpaired) electrons. The number of hydrogen-bond acceptors (Lipinski definition) is 1. The van der Waals surface area contributed by atoms with E-state index in [4.69, 9.17) is 0 Å². The molecule has 0 aliphatic rings. The van der Waals surface area contributed by atoms with Crippen molar-refractivity contribution >= 4 is 38.9 Å². The van der Waals surface area contributed by atoms with Crippen LogP contribution in [0, 0.1) is 0 Å². The highest BCUT2D eigenvalue weighted by Gasteiger charge is 2.23. The van der Waals surface area contributed by atoms with E-state index in [1.54, 1.807) is 0 Å². The number of anilines is 3. The highest BCUT2D eigenvalue weighted by atomic mass is 15.1. The van der Waals surface area contributed by atoms with E-state index in [0.717, 1.165) is 28.3 Å². The zero-order valence-electron chi connectivity index (χ0n) is 30.8. The first-order valence-corrected chi connectivity index (χ1v) is 19.2. The van der Waals surface area contributed by atoms with Crippen molar-refractivity contribution in [2.24, 2.45) is 0 Å². The highest BCUT2D eigenvalue weighted by Crippen LogP contribution is 2.48. The summed E-state index contributed by atoms with van der Waals surface area (Å²) in [5.74, 6) is 0. The van der Waals surface area contributed by atoms with Crippen molar-refractivity contribution in [2.75, 3.05) is 4.90 Å². The van der Waals surface area contributed by atoms with Crippen LogP contribution in [0.15, 0.2) is 231 Å². The van der Waals surface area contributed by atoms with Gasteiger partial charge < -0.3 is 9.47 Å². The molecule has 1 heterocycles. The third kappa shape index (κ3) is 5.85. The van der Waals surface area contributed by atoms with E-state index in [-0.39, 0.29) is 0 Å². The lowest BCUT2D eigenvalue weighted by Crippen LogP contribution is -2.12. The second kappa shape index (κ2) is 14.4. The molecule has 10 rings (SSSR count). The molecule has 0 atom stereocenters. The molecule has 0 saturated carbocycles. The van der Waals surface area contributed by atoms with Crippen molar-refractivity contribution in [1.29, 1.82) is 0 Å². The van der Waals surface area contributed by atoms with E-state index >= 15 is 0 Å². The fourth-order valence-electron chi connectivity index (χ4n) is 8.30. The zero-order valence-corrected chi connectivity index (χ0v) is 30.8. The second-order valence-electron chi connectivity index (χ2n) is 14.1. The van der Waals surface area contributed by atoms with Crippen molar-refractivity contribution in [3.63, 3.8) is 0 Å². The van der Waals surface area contributed by atoms with Crippen LogP contribution >= 0.6 is 0 Å². The van der Waals surface area contributed by atoms with Gasteiger partial charge in [0.25, 0.3) is 0 Å². The van der Waals surface area contributed by atoms with E-state index in [1.165, 1.54) is 60.8 Å². The number of hydrogen-bond donors (Lipinski definition) is 0. The molecule has 0 saturated heterocycles. The van der Waals surface area contributed by atoms with Gasteiger partial charge in [-0.2, -0.15) is 0 Å². The van der Waals surface area contributed by atoms with Gasteiger partial charge in [0.2, 0.25) is 0 Å². The van der Waals surface area contributed by atoms with Gasteiger partial charge in [0, 0.05) is 33.2 Å². The average molecular weight is 715 g/mol. The first-order valence-electron chi connectivity index (χ1n) is 19.2. The molecule has 56 heavy (non-hydrogen) atoms. The van der Waals surface area contributed by atoms with Gasteiger partial charge in [0.05, 0.1) is 28.1 Å². The van der Waals surface area contributed by atoms with Crippen LogP contribution < -0.4 is 4.90 Å². The number of nitrogens with zero attached hydrogens (tertiary/aromatic N) is 2. The van der Waals surface area contributed by atoms with Gasteiger partial charge in [0.1, 0.15) is 0 Å². The van der Waals surface area contributed by atoms with Gasteiger partial charge in [-0.25, -0.2) is 0 Å². The van der Waals surface area contributed by atoms with Crippen LogP contribution in [0.3, 0.4) is 0 Å². The second-order valence-corrected chi connectivity index (χ2v) is 14.1. The summed E-state index contributed by atoms with van der Waals surface area (Å²) in [7, 11) is 0. The maximum absolute atomic E-state index is 2.45. The molecule has 2 nitrogen and oxygen atoms in total. The molecule has 0 amide bonds. The van der Waals surface area contributed by atoms with Crippen LogP contribution in [-0.2, 0) is 0 Å². The van der Waals surface area contributed by atoms with Gasteiger partial charge in [-0.1, -0.05) is 188 Å². The summed E-state index contributed by atoms with van der Waals surface area (Å²) in [5, 5.41) is 2.45. The minimum absolute atomic E-state index is 1.09. The minimum Gasteiger partial charge on any atom is -0.309 e. The Bertz CT molecular complexity index is 2940. The Balaban J connectivity index is 1.22. The van der Waals surface area contributed by atoms with Crippen LogP contribution in [-0.4, -0.2) is 4.57 Å². The molecule has 1 aromatic heterocycles. The topological polar surface area (TPSA) is 8.17 Å². The Labute approximate surface area is 327 Å². The van der Waals surface area contributed by atoms with E-state index in [2.05, 4.69) is 240 Å². The predicted molar refractivity (Wildman–Crippen MR) is 237 cm³/mol. The van der Waals surface area contributed by atoms with Crippen LogP contribution in [0.2, 0.25) is 0 Å². The monoisotopic (exact) mass is 714 g/mol. The van der Waals surface area contributed by atoms with Crippen molar-refractivity contribution in [2.45, 2.75) is 0 Å². The maximum atomic E-state index is 2.45. The summed E-state index contributed by atoms with van der Waals surface area (Å²) in [6.07, 6.45) is 0. The molecule has 264 valence electrons. The number of para-hydroxylation sites is 4. The van der Waals surface area contributed by atoms with E-state index < -0.39 is 0 Å². The lowest BCUT2D eigenvalue weighted by molar-refractivity contribution is 1.18. The molecule has 0 unspecified atom stereocenters.